The van der Waals surface area contributed by atoms with Crippen molar-refractivity contribution in [1.82, 2.24) is 9.13 Å². The minimum Gasteiger partial charge on any atom is -0.341 e. The molecule has 0 N–H and O–H groups in total. The van der Waals surface area contributed by atoms with Crippen molar-refractivity contribution in [3.63, 3.8) is 0 Å². The summed E-state index contributed by atoms with van der Waals surface area (Å²) in [5.41, 5.74) is 18.6. The van der Waals surface area contributed by atoms with Gasteiger partial charge in [0.2, 0.25) is 0 Å². The third-order valence-electron chi connectivity index (χ3n) is 17.2. The summed E-state index contributed by atoms with van der Waals surface area (Å²) in [7, 11) is 0. The van der Waals surface area contributed by atoms with Gasteiger partial charge >= 0.3 is 0 Å². The van der Waals surface area contributed by atoms with Gasteiger partial charge in [-0.05, 0) is 205 Å². The molecule has 7 heteroatoms. The second-order valence-corrected chi connectivity index (χ2v) is 25.1. The summed E-state index contributed by atoms with van der Waals surface area (Å²) in [6, 6.07) is 104. The average molecular weight is 1130 g/mol. The number of para-hydroxylation sites is 2. The van der Waals surface area contributed by atoms with Gasteiger partial charge in [-0.15, -0.1) is 0 Å². The molecular formula is C77H56N4S3. The number of rotatable bonds is 12. The smallest absolute Gasteiger partial charge is 0.0736 e. The maximum atomic E-state index is 2.52. The van der Waals surface area contributed by atoms with Crippen molar-refractivity contribution < 1.29 is 0 Å². The largest absolute Gasteiger partial charge is 0.341 e. The highest BCUT2D eigenvalue weighted by molar-refractivity contribution is 8.00. The second kappa shape index (κ2) is 20.6. The van der Waals surface area contributed by atoms with Gasteiger partial charge in [0.05, 0.1) is 5.41 Å². The molecule has 402 valence electrons. The van der Waals surface area contributed by atoms with Crippen LogP contribution in [0.2, 0.25) is 0 Å². The van der Waals surface area contributed by atoms with Crippen molar-refractivity contribution in [3.8, 4) is 11.1 Å². The predicted octanol–water partition coefficient (Wildman–Crippen LogP) is 22.0. The Morgan fingerprint density at radius 1 is 0.310 bits per heavy atom. The molecule has 0 atom stereocenters. The fraction of sp³-hybridized carbons (Fsp3) is 0.0649. The first kappa shape index (κ1) is 50.6. The van der Waals surface area contributed by atoms with Gasteiger partial charge in [0, 0.05) is 120 Å². The van der Waals surface area contributed by atoms with Crippen LogP contribution in [0.25, 0.3) is 54.7 Å². The molecule has 0 radical (unpaired) electrons. The normalized spacial score (nSPS) is 12.9. The highest BCUT2D eigenvalue weighted by atomic mass is 32.2. The molecule has 0 fully saturated rings. The molecule has 2 aromatic heterocycles. The minimum absolute atomic E-state index is 0.656. The van der Waals surface area contributed by atoms with Crippen molar-refractivity contribution in [2.24, 2.45) is 0 Å². The van der Waals surface area contributed by atoms with E-state index < -0.39 is 5.41 Å². The van der Waals surface area contributed by atoms with Crippen LogP contribution in [0, 0.1) is 0 Å². The molecule has 16 rings (SSSR count). The molecule has 0 bridgehead atoms. The standard InChI is InChI=1S/C77H56N4S3/c1-3-78-71-41-35-53(45-63(71)65-49-59(37-43-73(65)78)82-57-25-13-7-14-26-57)80(51-21-9-5-10-22-51)55-33-39-61-62-40-34-56(48-70(62)77(69(61)47-55)67-29-17-19-31-75(67)84-76-32-20-18-30-68(76)77)81(52-23-11-6-12-24-52)54-36-42-72-64(46-54)66-50-60(38-44-74(66)79(72)4-2)83-58-27-15-8-16-28-58/h5-50H,3-4H2,1-2H3. The van der Waals surface area contributed by atoms with Crippen LogP contribution in [0.5, 0.6) is 0 Å². The summed E-state index contributed by atoms with van der Waals surface area (Å²) in [6.45, 7) is 6.26. The van der Waals surface area contributed by atoms with Gasteiger partial charge in [0.1, 0.15) is 0 Å². The van der Waals surface area contributed by atoms with E-state index in [4.69, 9.17) is 0 Å². The molecule has 3 heterocycles. The van der Waals surface area contributed by atoms with Crippen molar-refractivity contribution >= 4 is 113 Å². The molecule has 2 aliphatic rings. The first-order chi connectivity index (χ1) is 41.5. The van der Waals surface area contributed by atoms with E-state index in [1.807, 2.05) is 35.3 Å². The monoisotopic (exact) mass is 1130 g/mol. The van der Waals surface area contributed by atoms with Crippen molar-refractivity contribution in [2.75, 3.05) is 9.80 Å². The fourth-order valence-electron chi connectivity index (χ4n) is 13.7. The van der Waals surface area contributed by atoms with Crippen molar-refractivity contribution in [3.05, 3.63) is 301 Å². The topological polar surface area (TPSA) is 16.3 Å². The average Bonchev–Trinajstić information content (AvgIpc) is 1.50. The molecule has 4 nitrogen and oxygen atoms in total. The molecule has 0 unspecified atom stereocenters. The Labute approximate surface area is 502 Å². The lowest BCUT2D eigenvalue weighted by atomic mass is 9.67. The fourth-order valence-corrected chi connectivity index (χ4v) is 16.6. The third-order valence-corrected chi connectivity index (χ3v) is 20.3. The Morgan fingerprint density at radius 2 is 0.655 bits per heavy atom. The van der Waals surface area contributed by atoms with E-state index in [1.165, 1.54) is 106 Å². The van der Waals surface area contributed by atoms with Crippen LogP contribution in [-0.2, 0) is 18.5 Å². The SMILES string of the molecule is CCn1c2ccc(Sc3ccccc3)cc2c2cc(N(c3ccccc3)c3ccc4c(c3)C3(c5ccccc5Sc5ccccc53)c3cc(N(c5ccccc5)c5ccc6c(c5)c5cc(Sc7ccccc7)ccc5n6CC)ccc3-4)ccc21. The number of hydrogen-bond acceptors (Lipinski definition) is 5. The zero-order valence-corrected chi connectivity index (χ0v) is 48.9. The van der Waals surface area contributed by atoms with Gasteiger partial charge in [0.15, 0.2) is 0 Å². The lowest BCUT2D eigenvalue weighted by Gasteiger charge is -2.40. The number of hydrogen-bond donors (Lipinski definition) is 0. The number of aromatic nitrogens is 2. The van der Waals surface area contributed by atoms with Crippen molar-refractivity contribution in [1.29, 1.82) is 0 Å². The van der Waals surface area contributed by atoms with Crippen LogP contribution in [0.15, 0.2) is 308 Å². The van der Waals surface area contributed by atoms with E-state index in [0.717, 1.165) is 47.2 Å². The Kier molecular flexibility index (Phi) is 12.4. The van der Waals surface area contributed by atoms with Gasteiger partial charge in [0.25, 0.3) is 0 Å². The Bertz CT molecular complexity index is 4550. The van der Waals surface area contributed by atoms with Crippen LogP contribution in [0.1, 0.15) is 36.1 Å². The van der Waals surface area contributed by atoms with Gasteiger partial charge in [-0.2, -0.15) is 0 Å². The third kappa shape index (κ3) is 8.16. The molecule has 1 aliphatic carbocycles. The number of fused-ring (bicyclic) bond motifs is 15. The van der Waals surface area contributed by atoms with E-state index in [-0.39, 0.29) is 0 Å². The molecule has 0 amide bonds. The Balaban J connectivity index is 0.889. The Hall–Kier alpha value is -9.11. The maximum absolute atomic E-state index is 2.52. The molecular weight excluding hydrogens is 1080 g/mol. The minimum atomic E-state index is -0.656. The summed E-state index contributed by atoms with van der Waals surface area (Å²) in [6.07, 6.45) is 0. The van der Waals surface area contributed by atoms with Crippen LogP contribution in [-0.4, -0.2) is 9.13 Å². The molecule has 0 saturated heterocycles. The predicted molar refractivity (Wildman–Crippen MR) is 356 cm³/mol. The van der Waals surface area contributed by atoms with E-state index >= 15 is 0 Å². The number of nitrogens with zero attached hydrogens (tertiary/aromatic N) is 4. The molecule has 84 heavy (non-hydrogen) atoms. The van der Waals surface area contributed by atoms with Gasteiger partial charge in [-0.3, -0.25) is 0 Å². The second-order valence-electron chi connectivity index (χ2n) is 21.7. The highest BCUT2D eigenvalue weighted by Gasteiger charge is 2.51. The lowest BCUT2D eigenvalue weighted by Crippen LogP contribution is -2.32. The first-order valence-corrected chi connectivity index (χ1v) is 31.4. The highest BCUT2D eigenvalue weighted by Crippen LogP contribution is 2.64. The van der Waals surface area contributed by atoms with Crippen LogP contribution in [0.3, 0.4) is 0 Å². The van der Waals surface area contributed by atoms with E-state index in [9.17, 15) is 0 Å². The number of anilines is 6. The first-order valence-electron chi connectivity index (χ1n) is 29.0. The number of aryl methyl sites for hydroxylation is 2. The summed E-state index contributed by atoms with van der Waals surface area (Å²) in [4.78, 5) is 12.4. The molecule has 1 spiro atoms. The summed E-state index contributed by atoms with van der Waals surface area (Å²) in [5, 5.41) is 5.02. The molecule has 1 aliphatic heterocycles. The quantitative estimate of drug-likeness (QED) is 0.121. The van der Waals surface area contributed by atoms with Gasteiger partial charge in [-0.25, -0.2) is 0 Å². The maximum Gasteiger partial charge on any atom is 0.0736 e. The van der Waals surface area contributed by atoms with Crippen LogP contribution >= 0.6 is 35.3 Å². The van der Waals surface area contributed by atoms with Crippen LogP contribution < -0.4 is 9.80 Å². The summed E-state index contributed by atoms with van der Waals surface area (Å²) in [5.74, 6) is 0. The molecule has 12 aromatic carbocycles. The summed E-state index contributed by atoms with van der Waals surface area (Å²) < 4.78 is 4.92. The van der Waals surface area contributed by atoms with E-state index in [0.29, 0.717) is 0 Å². The molecule has 14 aromatic rings. The Morgan fingerprint density at radius 3 is 1.07 bits per heavy atom. The van der Waals surface area contributed by atoms with Crippen LogP contribution in [0.4, 0.5) is 34.1 Å². The number of benzene rings is 12. The summed E-state index contributed by atoms with van der Waals surface area (Å²) >= 11 is 5.52. The van der Waals surface area contributed by atoms with Gasteiger partial charge < -0.3 is 18.9 Å². The lowest BCUT2D eigenvalue weighted by molar-refractivity contribution is 0.722. The molecule has 0 saturated carbocycles. The van der Waals surface area contributed by atoms with E-state index in [1.54, 1.807) is 0 Å². The van der Waals surface area contributed by atoms with Crippen molar-refractivity contribution in [2.45, 2.75) is 61.7 Å². The van der Waals surface area contributed by atoms with E-state index in [2.05, 4.69) is 312 Å². The van der Waals surface area contributed by atoms with Gasteiger partial charge in [-0.1, -0.05) is 157 Å². The zero-order chi connectivity index (χ0) is 55.9. The zero-order valence-electron chi connectivity index (χ0n) is 46.5.